The van der Waals surface area contributed by atoms with Crippen LogP contribution in [0.15, 0.2) is 46.3 Å². The summed E-state index contributed by atoms with van der Waals surface area (Å²) in [5.74, 6) is 2.52. The molecule has 1 N–H and O–H groups in total. The smallest absolute Gasteiger partial charge is 0.183 e. The molecule has 7 nitrogen and oxygen atoms in total. The molecule has 0 radical (unpaired) electrons. The van der Waals surface area contributed by atoms with Crippen LogP contribution in [0.1, 0.15) is 10.6 Å². The zero-order chi connectivity index (χ0) is 20.4. The third kappa shape index (κ3) is 4.12. The fourth-order valence-corrected chi connectivity index (χ4v) is 4.86. The third-order valence-electron chi connectivity index (χ3n) is 4.24. The van der Waals surface area contributed by atoms with Gasteiger partial charge >= 0.3 is 0 Å². The molecule has 3 aromatic heterocycles. The summed E-state index contributed by atoms with van der Waals surface area (Å²) in [4.78, 5) is 9.92. The molecule has 4 aromatic rings. The highest BCUT2D eigenvalue weighted by molar-refractivity contribution is 7.98. The molecular weight excluding hydrogens is 432 g/mol. The van der Waals surface area contributed by atoms with Gasteiger partial charge in [0.15, 0.2) is 21.1 Å². The lowest BCUT2D eigenvalue weighted by Gasteiger charge is -2.15. The van der Waals surface area contributed by atoms with Gasteiger partial charge in [0.1, 0.15) is 11.2 Å². The number of benzene rings is 1. The quantitative estimate of drug-likeness (QED) is 0.329. The van der Waals surface area contributed by atoms with Gasteiger partial charge in [-0.1, -0.05) is 23.4 Å². The molecule has 0 aliphatic rings. The summed E-state index contributed by atoms with van der Waals surface area (Å²) in [6.07, 6.45) is 3.38. The number of thioether (sulfide) groups is 1. The van der Waals surface area contributed by atoms with E-state index in [0.29, 0.717) is 49.8 Å². The first-order valence-corrected chi connectivity index (χ1v) is 10.7. The van der Waals surface area contributed by atoms with Gasteiger partial charge in [-0.25, -0.2) is 9.97 Å². The Bertz CT molecular complexity index is 1200. The van der Waals surface area contributed by atoms with Crippen LogP contribution in [-0.4, -0.2) is 28.8 Å². The Kier molecular flexibility index (Phi) is 5.79. The number of aromatic nitrogens is 3. The Labute approximate surface area is 179 Å². The lowest BCUT2D eigenvalue weighted by molar-refractivity contribution is 0.355. The van der Waals surface area contributed by atoms with Crippen LogP contribution >= 0.6 is 34.7 Å². The lowest BCUT2D eigenvalue weighted by atomic mass is 10.2. The van der Waals surface area contributed by atoms with Crippen molar-refractivity contribution in [2.75, 3.05) is 14.2 Å². The number of ether oxygens (including phenoxy) is 2. The van der Waals surface area contributed by atoms with Crippen molar-refractivity contribution in [1.29, 1.82) is 5.41 Å². The second kappa shape index (κ2) is 8.48. The highest BCUT2D eigenvalue weighted by atomic mass is 35.5. The summed E-state index contributed by atoms with van der Waals surface area (Å²) < 4.78 is 18.6. The van der Waals surface area contributed by atoms with Crippen LogP contribution in [0.3, 0.4) is 0 Å². The van der Waals surface area contributed by atoms with Gasteiger partial charge in [-0.3, -0.25) is 9.98 Å². The maximum Gasteiger partial charge on any atom is 0.183 e. The average molecular weight is 449 g/mol. The van der Waals surface area contributed by atoms with Crippen LogP contribution in [0, 0.1) is 5.41 Å². The number of rotatable bonds is 7. The number of hydrogen-bond donors (Lipinski definition) is 1. The number of nitrogens with zero attached hydrogens (tertiary/aromatic N) is 3. The molecule has 10 heteroatoms. The molecule has 0 spiro atoms. The number of nitrogens with one attached hydrogen (secondary N) is 1. The van der Waals surface area contributed by atoms with Crippen molar-refractivity contribution in [3.63, 3.8) is 0 Å². The van der Waals surface area contributed by atoms with E-state index in [1.807, 2.05) is 16.7 Å². The predicted molar refractivity (Wildman–Crippen MR) is 113 cm³/mol. The van der Waals surface area contributed by atoms with Crippen LogP contribution < -0.4 is 15.0 Å². The number of thiazole rings is 1. The summed E-state index contributed by atoms with van der Waals surface area (Å²) in [5.41, 5.74) is 0.977. The molecule has 0 amide bonds. The average Bonchev–Trinajstić information content (AvgIpc) is 3.39. The highest BCUT2D eigenvalue weighted by Gasteiger charge is 2.15. The maximum absolute atomic E-state index is 8.81. The molecule has 0 bridgehead atoms. The summed E-state index contributed by atoms with van der Waals surface area (Å²) >= 11 is 8.89. The van der Waals surface area contributed by atoms with E-state index in [1.54, 1.807) is 38.8 Å². The number of halogens is 1. The first-order valence-electron chi connectivity index (χ1n) is 8.55. The summed E-state index contributed by atoms with van der Waals surface area (Å²) in [6.45, 7) is 0.398. The largest absolute Gasteiger partial charge is 0.493 e. The molecule has 29 heavy (non-hydrogen) atoms. The van der Waals surface area contributed by atoms with E-state index in [0.717, 1.165) is 10.6 Å². The number of furan rings is 1. The van der Waals surface area contributed by atoms with Crippen molar-refractivity contribution >= 4 is 45.6 Å². The van der Waals surface area contributed by atoms with Crippen molar-refractivity contribution in [3.05, 3.63) is 57.3 Å². The van der Waals surface area contributed by atoms with E-state index >= 15 is 0 Å². The fourth-order valence-electron chi connectivity index (χ4n) is 2.86. The van der Waals surface area contributed by atoms with Crippen LogP contribution in [0.25, 0.3) is 10.9 Å². The fraction of sp³-hybridized carbons (Fsp3) is 0.211. The standard InChI is InChI=1S/C19H17ClN4O3S2/c1-25-15-6-13-14(7-16(15)26-2)23-19(28-10-12-8-22-18(20)29-12)24(17(13)21)9-11-4-3-5-27-11/h3-8,21H,9-10H2,1-2H3. The van der Waals surface area contributed by atoms with Gasteiger partial charge in [-0.15, -0.1) is 11.3 Å². The van der Waals surface area contributed by atoms with Crippen LogP contribution in [-0.2, 0) is 12.3 Å². The Morgan fingerprint density at radius 2 is 2.07 bits per heavy atom. The summed E-state index contributed by atoms with van der Waals surface area (Å²) in [5, 5.41) is 10.2. The SMILES string of the molecule is COc1cc2nc(SCc3cnc(Cl)s3)n(Cc3ccco3)c(=N)c2cc1OC. The molecule has 0 saturated heterocycles. The molecule has 1 aromatic carbocycles. The van der Waals surface area contributed by atoms with Crippen LogP contribution in [0.5, 0.6) is 11.5 Å². The minimum absolute atomic E-state index is 0.317. The lowest BCUT2D eigenvalue weighted by Crippen LogP contribution is -2.24. The van der Waals surface area contributed by atoms with E-state index in [9.17, 15) is 0 Å². The Hall–Kier alpha value is -2.49. The molecular formula is C19H17ClN4O3S2. The van der Waals surface area contributed by atoms with Gasteiger partial charge in [0.05, 0.1) is 32.5 Å². The molecule has 0 saturated carbocycles. The molecule has 3 heterocycles. The zero-order valence-corrected chi connectivity index (χ0v) is 18.0. The van der Waals surface area contributed by atoms with E-state index in [1.165, 1.54) is 23.1 Å². The Morgan fingerprint density at radius 3 is 2.72 bits per heavy atom. The van der Waals surface area contributed by atoms with Gasteiger partial charge in [0.25, 0.3) is 0 Å². The molecule has 150 valence electrons. The topological polar surface area (TPSA) is 86.2 Å². The van der Waals surface area contributed by atoms with E-state index in [4.69, 9.17) is 35.9 Å². The van der Waals surface area contributed by atoms with Gasteiger partial charge in [0.2, 0.25) is 0 Å². The molecule has 0 unspecified atom stereocenters. The van der Waals surface area contributed by atoms with E-state index in [2.05, 4.69) is 4.98 Å². The Balaban J connectivity index is 1.82. The minimum atomic E-state index is 0.317. The van der Waals surface area contributed by atoms with Gasteiger partial charge in [0, 0.05) is 28.3 Å². The Morgan fingerprint density at radius 1 is 1.28 bits per heavy atom. The van der Waals surface area contributed by atoms with Crippen molar-refractivity contribution in [2.24, 2.45) is 0 Å². The predicted octanol–water partition coefficient (Wildman–Crippen LogP) is 4.58. The first-order chi connectivity index (χ1) is 14.1. The monoisotopic (exact) mass is 448 g/mol. The molecule has 0 aliphatic heterocycles. The summed E-state index contributed by atoms with van der Waals surface area (Å²) in [7, 11) is 3.15. The highest BCUT2D eigenvalue weighted by Crippen LogP contribution is 2.32. The van der Waals surface area contributed by atoms with Crippen LogP contribution in [0.4, 0.5) is 0 Å². The van der Waals surface area contributed by atoms with Gasteiger partial charge in [-0.05, 0) is 18.2 Å². The third-order valence-corrected chi connectivity index (χ3v) is 6.56. The van der Waals surface area contributed by atoms with Gasteiger partial charge in [-0.2, -0.15) is 0 Å². The first kappa shape index (κ1) is 19.8. The van der Waals surface area contributed by atoms with Crippen LogP contribution in [0.2, 0.25) is 4.47 Å². The molecule has 4 rings (SSSR count). The normalized spacial score (nSPS) is 11.1. The van der Waals surface area contributed by atoms with E-state index in [-0.39, 0.29) is 0 Å². The second-order valence-electron chi connectivity index (χ2n) is 6.00. The zero-order valence-electron chi connectivity index (χ0n) is 15.6. The van der Waals surface area contributed by atoms with Crippen molar-refractivity contribution in [2.45, 2.75) is 17.5 Å². The molecule has 0 aliphatic carbocycles. The molecule has 0 fully saturated rings. The summed E-state index contributed by atoms with van der Waals surface area (Å²) in [6, 6.07) is 7.27. The maximum atomic E-state index is 8.81. The second-order valence-corrected chi connectivity index (χ2v) is 8.64. The minimum Gasteiger partial charge on any atom is -0.493 e. The molecule has 0 atom stereocenters. The number of fused-ring (bicyclic) bond motifs is 1. The number of hydrogen-bond acceptors (Lipinski definition) is 8. The van der Waals surface area contributed by atoms with Crippen molar-refractivity contribution in [1.82, 2.24) is 14.5 Å². The van der Waals surface area contributed by atoms with Crippen molar-refractivity contribution < 1.29 is 13.9 Å². The van der Waals surface area contributed by atoms with Gasteiger partial charge < -0.3 is 13.9 Å². The number of methoxy groups -OCH3 is 2. The van der Waals surface area contributed by atoms with Crippen molar-refractivity contribution in [3.8, 4) is 11.5 Å². The van der Waals surface area contributed by atoms with E-state index < -0.39 is 0 Å².